The maximum atomic E-state index is 12.0. The zero-order valence-electron chi connectivity index (χ0n) is 12.0. The Bertz CT molecular complexity index is 255. The lowest BCUT2D eigenvalue weighted by atomic mass is 10.3. The van der Waals surface area contributed by atoms with E-state index in [2.05, 4.69) is 4.90 Å². The summed E-state index contributed by atoms with van der Waals surface area (Å²) in [4.78, 5) is 16.3. The zero-order chi connectivity index (χ0) is 13.5. The standard InChI is InChI=1S/C13H26N2O2S/c1-11(2)14(4)13(16)12(3)18-10-7-15-5-8-17-9-6-15/h11-12H,5-10H2,1-4H3. The van der Waals surface area contributed by atoms with Crippen molar-refractivity contribution in [2.75, 3.05) is 45.6 Å². The molecule has 0 N–H and O–H groups in total. The molecule has 0 bridgehead atoms. The molecule has 0 radical (unpaired) electrons. The maximum Gasteiger partial charge on any atom is 0.235 e. The van der Waals surface area contributed by atoms with Gasteiger partial charge in [0.2, 0.25) is 5.91 Å². The van der Waals surface area contributed by atoms with E-state index in [-0.39, 0.29) is 17.2 Å². The summed E-state index contributed by atoms with van der Waals surface area (Å²) in [7, 11) is 1.88. The largest absolute Gasteiger partial charge is 0.379 e. The van der Waals surface area contributed by atoms with Crippen LogP contribution in [0.2, 0.25) is 0 Å². The molecule has 18 heavy (non-hydrogen) atoms. The highest BCUT2D eigenvalue weighted by molar-refractivity contribution is 8.00. The van der Waals surface area contributed by atoms with Crippen LogP contribution >= 0.6 is 11.8 Å². The lowest BCUT2D eigenvalue weighted by Crippen LogP contribution is -2.39. The maximum absolute atomic E-state index is 12.0. The van der Waals surface area contributed by atoms with E-state index in [1.54, 1.807) is 11.8 Å². The van der Waals surface area contributed by atoms with Gasteiger partial charge in [-0.1, -0.05) is 0 Å². The van der Waals surface area contributed by atoms with Crippen LogP contribution in [0.1, 0.15) is 20.8 Å². The van der Waals surface area contributed by atoms with E-state index in [0.29, 0.717) is 0 Å². The molecule has 4 nitrogen and oxygen atoms in total. The third kappa shape index (κ3) is 5.16. The highest BCUT2D eigenvalue weighted by Gasteiger charge is 2.20. The zero-order valence-corrected chi connectivity index (χ0v) is 12.8. The van der Waals surface area contributed by atoms with E-state index in [0.717, 1.165) is 38.6 Å². The summed E-state index contributed by atoms with van der Waals surface area (Å²) < 4.78 is 5.31. The Balaban J connectivity index is 2.19. The summed E-state index contributed by atoms with van der Waals surface area (Å²) in [6.07, 6.45) is 0. The molecule has 0 aromatic heterocycles. The number of hydrogen-bond acceptors (Lipinski definition) is 4. The molecule has 0 aromatic rings. The predicted molar refractivity (Wildman–Crippen MR) is 77.1 cm³/mol. The second-order valence-electron chi connectivity index (χ2n) is 5.01. The van der Waals surface area contributed by atoms with Gasteiger partial charge in [-0.15, -0.1) is 11.8 Å². The number of hydrogen-bond donors (Lipinski definition) is 0. The first kappa shape index (κ1) is 15.8. The van der Waals surface area contributed by atoms with Crippen molar-refractivity contribution in [3.05, 3.63) is 0 Å². The molecule has 1 heterocycles. The molecule has 1 aliphatic heterocycles. The van der Waals surface area contributed by atoms with E-state index in [9.17, 15) is 4.79 Å². The quantitative estimate of drug-likeness (QED) is 0.731. The van der Waals surface area contributed by atoms with Gasteiger partial charge in [-0.2, -0.15) is 0 Å². The van der Waals surface area contributed by atoms with Crippen LogP contribution in [0.3, 0.4) is 0 Å². The molecular weight excluding hydrogens is 248 g/mol. The Morgan fingerprint density at radius 3 is 2.50 bits per heavy atom. The average molecular weight is 274 g/mol. The Kier molecular flexibility index (Phi) is 7.04. The van der Waals surface area contributed by atoms with Crippen LogP contribution in [0.25, 0.3) is 0 Å². The Hall–Kier alpha value is -0.260. The van der Waals surface area contributed by atoms with Crippen LogP contribution in [0.4, 0.5) is 0 Å². The van der Waals surface area contributed by atoms with Gasteiger partial charge < -0.3 is 9.64 Å². The molecule has 1 atom stereocenters. The van der Waals surface area contributed by atoms with Crippen LogP contribution in [-0.4, -0.2) is 72.6 Å². The average Bonchev–Trinajstić information content (AvgIpc) is 2.38. The van der Waals surface area contributed by atoms with Crippen LogP contribution in [-0.2, 0) is 9.53 Å². The van der Waals surface area contributed by atoms with E-state index in [1.165, 1.54) is 0 Å². The van der Waals surface area contributed by atoms with E-state index >= 15 is 0 Å². The Labute approximate surface area is 115 Å². The van der Waals surface area contributed by atoms with Gasteiger partial charge >= 0.3 is 0 Å². The molecular formula is C13H26N2O2S. The van der Waals surface area contributed by atoms with E-state index in [1.807, 2.05) is 32.7 Å². The van der Waals surface area contributed by atoms with Gasteiger partial charge in [-0.25, -0.2) is 0 Å². The minimum absolute atomic E-state index is 0.0541. The monoisotopic (exact) mass is 274 g/mol. The number of carbonyl (C=O) groups is 1. The molecule has 1 rings (SSSR count). The fourth-order valence-electron chi connectivity index (χ4n) is 1.80. The molecule has 1 fully saturated rings. The van der Waals surface area contributed by atoms with Gasteiger partial charge in [-0.3, -0.25) is 9.69 Å². The molecule has 1 unspecified atom stereocenters. The fraction of sp³-hybridized carbons (Fsp3) is 0.923. The predicted octanol–water partition coefficient (Wildman–Crippen LogP) is 1.31. The molecule has 1 aliphatic rings. The summed E-state index contributed by atoms with van der Waals surface area (Å²) in [6.45, 7) is 10.9. The van der Waals surface area contributed by atoms with Crippen LogP contribution in [0, 0.1) is 0 Å². The number of nitrogens with zero attached hydrogens (tertiary/aromatic N) is 2. The van der Waals surface area contributed by atoms with Crippen LogP contribution in [0.5, 0.6) is 0 Å². The van der Waals surface area contributed by atoms with Crippen molar-refractivity contribution in [2.45, 2.75) is 32.1 Å². The van der Waals surface area contributed by atoms with Gasteiger partial charge in [0, 0.05) is 38.5 Å². The number of morpholine rings is 1. The molecule has 106 valence electrons. The van der Waals surface area contributed by atoms with Crippen LogP contribution < -0.4 is 0 Å². The first-order valence-electron chi connectivity index (χ1n) is 6.70. The highest BCUT2D eigenvalue weighted by atomic mass is 32.2. The summed E-state index contributed by atoms with van der Waals surface area (Å²) >= 11 is 1.75. The lowest BCUT2D eigenvalue weighted by Gasteiger charge is -2.28. The van der Waals surface area contributed by atoms with Gasteiger partial charge in [0.15, 0.2) is 0 Å². The van der Waals surface area contributed by atoms with Crippen molar-refractivity contribution in [1.82, 2.24) is 9.80 Å². The molecule has 0 aliphatic carbocycles. The molecule has 5 heteroatoms. The molecule has 1 saturated heterocycles. The molecule has 0 aromatic carbocycles. The number of carbonyl (C=O) groups excluding carboxylic acids is 1. The summed E-state index contributed by atoms with van der Waals surface area (Å²) in [5, 5.41) is 0.0541. The Morgan fingerprint density at radius 1 is 1.33 bits per heavy atom. The third-order valence-electron chi connectivity index (χ3n) is 3.35. The third-order valence-corrected chi connectivity index (χ3v) is 4.47. The van der Waals surface area contributed by atoms with Gasteiger partial charge in [-0.05, 0) is 20.8 Å². The first-order valence-corrected chi connectivity index (χ1v) is 7.75. The normalized spacial score (nSPS) is 18.9. The number of ether oxygens (including phenoxy) is 1. The van der Waals surface area contributed by atoms with Crippen molar-refractivity contribution in [2.24, 2.45) is 0 Å². The number of amides is 1. The minimum Gasteiger partial charge on any atom is -0.379 e. The lowest BCUT2D eigenvalue weighted by molar-refractivity contribution is -0.130. The van der Waals surface area contributed by atoms with Crippen molar-refractivity contribution in [1.29, 1.82) is 0 Å². The topological polar surface area (TPSA) is 32.8 Å². The van der Waals surface area contributed by atoms with Crippen molar-refractivity contribution < 1.29 is 9.53 Å². The second kappa shape index (κ2) is 8.02. The van der Waals surface area contributed by atoms with Crippen molar-refractivity contribution in [3.8, 4) is 0 Å². The summed E-state index contributed by atoms with van der Waals surface area (Å²) in [5.74, 6) is 1.25. The summed E-state index contributed by atoms with van der Waals surface area (Å²) in [5.41, 5.74) is 0. The molecule has 0 saturated carbocycles. The second-order valence-corrected chi connectivity index (χ2v) is 6.46. The smallest absolute Gasteiger partial charge is 0.235 e. The SMILES string of the molecule is CC(SCCN1CCOCC1)C(=O)N(C)C(C)C. The van der Waals surface area contributed by atoms with E-state index in [4.69, 9.17) is 4.74 Å². The van der Waals surface area contributed by atoms with Crippen molar-refractivity contribution in [3.63, 3.8) is 0 Å². The van der Waals surface area contributed by atoms with Gasteiger partial charge in [0.05, 0.1) is 18.5 Å². The van der Waals surface area contributed by atoms with Gasteiger partial charge in [0.1, 0.15) is 0 Å². The van der Waals surface area contributed by atoms with Crippen molar-refractivity contribution >= 4 is 17.7 Å². The number of thioether (sulfide) groups is 1. The van der Waals surface area contributed by atoms with E-state index < -0.39 is 0 Å². The summed E-state index contributed by atoms with van der Waals surface area (Å²) in [6, 6.07) is 0.278. The van der Waals surface area contributed by atoms with Gasteiger partial charge in [0.25, 0.3) is 0 Å². The fourth-order valence-corrected chi connectivity index (χ4v) is 2.82. The first-order chi connectivity index (χ1) is 8.52. The van der Waals surface area contributed by atoms with Crippen LogP contribution in [0.15, 0.2) is 0 Å². The highest BCUT2D eigenvalue weighted by Crippen LogP contribution is 2.14. The number of rotatable bonds is 6. The minimum atomic E-state index is 0.0541. The Morgan fingerprint density at radius 2 is 1.94 bits per heavy atom. The molecule has 1 amide bonds. The molecule has 0 spiro atoms.